The molecule has 0 spiro atoms. The monoisotopic (exact) mass is 327 g/mol. The van der Waals surface area contributed by atoms with Gasteiger partial charge in [-0.05, 0) is 49.2 Å². The molecular formula is C15H12Cl3NO. The van der Waals surface area contributed by atoms with Gasteiger partial charge in [0.1, 0.15) is 0 Å². The number of nitrogen functional groups attached to an aromatic ring is 1. The van der Waals surface area contributed by atoms with Crippen molar-refractivity contribution in [2.75, 3.05) is 5.73 Å². The predicted molar refractivity (Wildman–Crippen MR) is 85.2 cm³/mol. The van der Waals surface area contributed by atoms with Crippen LogP contribution in [0.4, 0.5) is 5.69 Å². The SMILES string of the molecule is Cc1cc(C(=O)c2cc(N)c(Cl)c(Cl)c2)c(C)cc1Cl. The Bertz CT molecular complexity index is 688. The molecule has 2 aromatic carbocycles. The van der Waals surface area contributed by atoms with E-state index in [-0.39, 0.29) is 21.5 Å². The van der Waals surface area contributed by atoms with E-state index in [1.54, 1.807) is 12.1 Å². The number of carbonyl (C=O) groups is 1. The molecule has 0 amide bonds. The number of hydrogen-bond acceptors (Lipinski definition) is 2. The Morgan fingerprint density at radius 1 is 0.950 bits per heavy atom. The van der Waals surface area contributed by atoms with Crippen LogP contribution in [0.1, 0.15) is 27.0 Å². The fraction of sp³-hybridized carbons (Fsp3) is 0.133. The number of aryl methyl sites for hydroxylation is 2. The van der Waals surface area contributed by atoms with E-state index in [0.717, 1.165) is 11.1 Å². The van der Waals surface area contributed by atoms with Crippen molar-refractivity contribution in [2.24, 2.45) is 0 Å². The maximum Gasteiger partial charge on any atom is 0.193 e. The highest BCUT2D eigenvalue weighted by molar-refractivity contribution is 6.44. The van der Waals surface area contributed by atoms with Crippen LogP contribution in [-0.4, -0.2) is 5.78 Å². The topological polar surface area (TPSA) is 43.1 Å². The molecule has 0 heterocycles. The second-order valence-corrected chi connectivity index (χ2v) is 5.80. The second-order valence-electron chi connectivity index (χ2n) is 4.61. The number of rotatable bonds is 2. The van der Waals surface area contributed by atoms with Crippen LogP contribution < -0.4 is 5.73 Å². The van der Waals surface area contributed by atoms with E-state index in [1.165, 1.54) is 12.1 Å². The average molecular weight is 329 g/mol. The highest BCUT2D eigenvalue weighted by Gasteiger charge is 2.16. The lowest BCUT2D eigenvalue weighted by atomic mass is 9.97. The van der Waals surface area contributed by atoms with Crippen LogP contribution in [0.15, 0.2) is 24.3 Å². The molecule has 0 atom stereocenters. The van der Waals surface area contributed by atoms with E-state index in [9.17, 15) is 4.79 Å². The van der Waals surface area contributed by atoms with Gasteiger partial charge in [0.05, 0.1) is 15.7 Å². The Kier molecular flexibility index (Phi) is 4.28. The van der Waals surface area contributed by atoms with Crippen molar-refractivity contribution in [3.63, 3.8) is 0 Å². The van der Waals surface area contributed by atoms with Gasteiger partial charge in [0.2, 0.25) is 0 Å². The van der Waals surface area contributed by atoms with Crippen molar-refractivity contribution in [2.45, 2.75) is 13.8 Å². The first-order valence-corrected chi connectivity index (χ1v) is 7.00. The van der Waals surface area contributed by atoms with Crippen molar-refractivity contribution in [1.82, 2.24) is 0 Å². The molecule has 0 radical (unpaired) electrons. The fourth-order valence-electron chi connectivity index (χ4n) is 1.92. The Morgan fingerprint density at radius 3 is 2.20 bits per heavy atom. The Hall–Kier alpha value is -1.22. The standard InChI is InChI=1S/C15H12Cl3NO/c1-7-4-11(16)8(2)3-10(7)15(20)9-5-12(17)14(18)13(19)6-9/h3-6H,19H2,1-2H3. The van der Waals surface area contributed by atoms with Crippen molar-refractivity contribution >= 4 is 46.3 Å². The van der Waals surface area contributed by atoms with E-state index in [4.69, 9.17) is 40.5 Å². The van der Waals surface area contributed by atoms with Gasteiger partial charge in [-0.25, -0.2) is 0 Å². The molecule has 0 aliphatic heterocycles. The molecule has 2 N–H and O–H groups in total. The van der Waals surface area contributed by atoms with Crippen LogP contribution in [0.2, 0.25) is 15.1 Å². The molecule has 5 heteroatoms. The van der Waals surface area contributed by atoms with Gasteiger partial charge in [0.15, 0.2) is 5.78 Å². The zero-order valence-electron chi connectivity index (χ0n) is 10.9. The first-order valence-electron chi connectivity index (χ1n) is 5.87. The molecule has 0 saturated heterocycles. The third-order valence-electron chi connectivity index (χ3n) is 3.07. The largest absolute Gasteiger partial charge is 0.397 e. The molecule has 0 aliphatic rings. The zero-order valence-corrected chi connectivity index (χ0v) is 13.2. The number of benzene rings is 2. The lowest BCUT2D eigenvalue weighted by Gasteiger charge is -2.10. The van der Waals surface area contributed by atoms with E-state index < -0.39 is 0 Å². The summed E-state index contributed by atoms with van der Waals surface area (Å²) in [6.07, 6.45) is 0. The van der Waals surface area contributed by atoms with Crippen LogP contribution >= 0.6 is 34.8 Å². The fourth-order valence-corrected chi connectivity index (χ4v) is 2.48. The van der Waals surface area contributed by atoms with Crippen molar-refractivity contribution in [1.29, 1.82) is 0 Å². The van der Waals surface area contributed by atoms with Gasteiger partial charge in [0.25, 0.3) is 0 Å². The number of ketones is 1. The molecular weight excluding hydrogens is 317 g/mol. The van der Waals surface area contributed by atoms with Crippen LogP contribution in [0, 0.1) is 13.8 Å². The number of carbonyl (C=O) groups excluding carboxylic acids is 1. The van der Waals surface area contributed by atoms with Crippen LogP contribution in [0.5, 0.6) is 0 Å². The maximum absolute atomic E-state index is 12.5. The Balaban J connectivity index is 2.55. The minimum absolute atomic E-state index is 0.160. The van der Waals surface area contributed by atoms with E-state index in [2.05, 4.69) is 0 Å². The molecule has 0 bridgehead atoms. The third kappa shape index (κ3) is 2.78. The second kappa shape index (κ2) is 5.65. The highest BCUT2D eigenvalue weighted by atomic mass is 35.5. The van der Waals surface area contributed by atoms with Gasteiger partial charge >= 0.3 is 0 Å². The van der Waals surface area contributed by atoms with Crippen LogP contribution in [0.25, 0.3) is 0 Å². The summed E-state index contributed by atoms with van der Waals surface area (Å²) in [6, 6.07) is 6.58. The lowest BCUT2D eigenvalue weighted by Crippen LogP contribution is -2.05. The van der Waals surface area contributed by atoms with Gasteiger partial charge in [-0.3, -0.25) is 4.79 Å². The maximum atomic E-state index is 12.5. The van der Waals surface area contributed by atoms with Gasteiger partial charge < -0.3 is 5.73 Å². The molecule has 2 rings (SSSR count). The molecule has 2 nitrogen and oxygen atoms in total. The number of halogens is 3. The van der Waals surface area contributed by atoms with Crippen LogP contribution in [-0.2, 0) is 0 Å². The summed E-state index contributed by atoms with van der Waals surface area (Å²) < 4.78 is 0. The summed E-state index contributed by atoms with van der Waals surface area (Å²) in [7, 11) is 0. The zero-order chi connectivity index (χ0) is 15.0. The number of hydrogen-bond donors (Lipinski definition) is 1. The van der Waals surface area contributed by atoms with E-state index in [0.29, 0.717) is 16.1 Å². The van der Waals surface area contributed by atoms with Gasteiger partial charge in [0, 0.05) is 16.1 Å². The molecule has 0 unspecified atom stereocenters. The van der Waals surface area contributed by atoms with Crippen molar-refractivity contribution in [3.8, 4) is 0 Å². The van der Waals surface area contributed by atoms with Crippen molar-refractivity contribution < 1.29 is 4.79 Å². The lowest BCUT2D eigenvalue weighted by molar-refractivity contribution is 0.103. The normalized spacial score (nSPS) is 10.7. The molecule has 0 aromatic heterocycles. The van der Waals surface area contributed by atoms with Gasteiger partial charge in [-0.15, -0.1) is 0 Å². The molecule has 2 aromatic rings. The van der Waals surface area contributed by atoms with E-state index >= 15 is 0 Å². The van der Waals surface area contributed by atoms with Crippen LogP contribution in [0.3, 0.4) is 0 Å². The summed E-state index contributed by atoms with van der Waals surface area (Å²) in [5, 5.41) is 1.15. The van der Waals surface area contributed by atoms with E-state index in [1.807, 2.05) is 13.8 Å². The average Bonchev–Trinajstić information content (AvgIpc) is 2.38. The molecule has 20 heavy (non-hydrogen) atoms. The summed E-state index contributed by atoms with van der Waals surface area (Å²) >= 11 is 17.9. The molecule has 0 aliphatic carbocycles. The summed E-state index contributed by atoms with van der Waals surface area (Å²) in [5.74, 6) is -0.160. The summed E-state index contributed by atoms with van der Waals surface area (Å²) in [4.78, 5) is 12.5. The predicted octanol–water partition coefficient (Wildman–Crippen LogP) is 5.08. The molecule has 0 saturated carbocycles. The Labute approximate surface area is 132 Å². The minimum atomic E-state index is -0.160. The first-order chi connectivity index (χ1) is 9.31. The summed E-state index contributed by atoms with van der Waals surface area (Å²) in [5.41, 5.74) is 8.64. The number of anilines is 1. The number of nitrogens with two attached hydrogens (primary N) is 1. The first kappa shape index (κ1) is 15.2. The Morgan fingerprint density at radius 2 is 1.60 bits per heavy atom. The minimum Gasteiger partial charge on any atom is -0.397 e. The third-order valence-corrected chi connectivity index (χ3v) is 4.29. The highest BCUT2D eigenvalue weighted by Crippen LogP contribution is 2.31. The smallest absolute Gasteiger partial charge is 0.193 e. The van der Waals surface area contributed by atoms with Crippen molar-refractivity contribution in [3.05, 3.63) is 61.6 Å². The molecule has 104 valence electrons. The van der Waals surface area contributed by atoms with Gasteiger partial charge in [-0.1, -0.05) is 34.8 Å². The quantitative estimate of drug-likeness (QED) is 0.617. The molecule has 0 fully saturated rings. The van der Waals surface area contributed by atoms with Gasteiger partial charge in [-0.2, -0.15) is 0 Å². The summed E-state index contributed by atoms with van der Waals surface area (Å²) in [6.45, 7) is 3.68.